The fourth-order valence-corrected chi connectivity index (χ4v) is 2.32. The summed E-state index contributed by atoms with van der Waals surface area (Å²) in [7, 11) is 0. The van der Waals surface area contributed by atoms with E-state index in [1.807, 2.05) is 6.07 Å². The molecular formula is C16H17BrN2O4. The smallest absolute Gasteiger partial charge is 0.307 e. The average molecular weight is 381 g/mol. The predicted molar refractivity (Wildman–Crippen MR) is 86.6 cm³/mol. The number of esters is 1. The molecule has 6 nitrogen and oxygen atoms in total. The molecule has 0 N–H and O–H groups in total. The van der Waals surface area contributed by atoms with Gasteiger partial charge < -0.3 is 14.1 Å². The molecule has 122 valence electrons. The van der Waals surface area contributed by atoms with Crippen molar-refractivity contribution in [3.8, 4) is 0 Å². The third kappa shape index (κ3) is 5.21. The first-order valence-electron chi connectivity index (χ1n) is 7.19. The molecule has 0 radical (unpaired) electrons. The predicted octanol–water partition coefficient (Wildman–Crippen LogP) is 3.03. The first-order chi connectivity index (χ1) is 11.1. The highest BCUT2D eigenvalue weighted by molar-refractivity contribution is 9.10. The second-order valence-electron chi connectivity index (χ2n) is 4.75. The van der Waals surface area contributed by atoms with E-state index < -0.39 is 0 Å². The highest BCUT2D eigenvalue weighted by Gasteiger charge is 2.20. The van der Waals surface area contributed by atoms with E-state index in [-0.39, 0.29) is 30.6 Å². The van der Waals surface area contributed by atoms with Gasteiger partial charge in [0.2, 0.25) is 0 Å². The van der Waals surface area contributed by atoms with E-state index in [2.05, 4.69) is 20.9 Å². The van der Waals surface area contributed by atoms with Crippen molar-refractivity contribution in [2.24, 2.45) is 0 Å². The van der Waals surface area contributed by atoms with E-state index >= 15 is 0 Å². The van der Waals surface area contributed by atoms with Gasteiger partial charge in [0, 0.05) is 25.5 Å². The third-order valence-electron chi connectivity index (χ3n) is 3.06. The molecule has 0 fully saturated rings. The van der Waals surface area contributed by atoms with Crippen molar-refractivity contribution in [3.63, 3.8) is 0 Å². The van der Waals surface area contributed by atoms with Gasteiger partial charge in [0.25, 0.3) is 5.91 Å². The number of aromatic nitrogens is 1. The summed E-state index contributed by atoms with van der Waals surface area (Å²) >= 11 is 3.18. The van der Waals surface area contributed by atoms with Crippen LogP contribution >= 0.6 is 15.9 Å². The second-order valence-corrected chi connectivity index (χ2v) is 5.53. The Morgan fingerprint density at radius 1 is 1.35 bits per heavy atom. The van der Waals surface area contributed by atoms with E-state index in [9.17, 15) is 9.59 Å². The zero-order valence-electron chi connectivity index (χ0n) is 12.7. The van der Waals surface area contributed by atoms with Gasteiger partial charge in [-0.2, -0.15) is 0 Å². The molecule has 0 aliphatic rings. The summed E-state index contributed by atoms with van der Waals surface area (Å²) in [6.45, 7) is 2.65. The van der Waals surface area contributed by atoms with Crippen LogP contribution < -0.4 is 0 Å². The molecule has 0 spiro atoms. The van der Waals surface area contributed by atoms with Gasteiger partial charge in [-0.3, -0.25) is 14.6 Å². The van der Waals surface area contributed by atoms with Crippen LogP contribution in [0.4, 0.5) is 0 Å². The monoisotopic (exact) mass is 380 g/mol. The topological polar surface area (TPSA) is 72.6 Å². The molecule has 2 heterocycles. The Kier molecular flexibility index (Phi) is 6.34. The standard InChI is InChI=1S/C16H17BrN2O4/c1-2-22-15(20)7-9-19(11-12-4-3-8-18-10-12)16(21)13-5-6-14(17)23-13/h3-6,8,10H,2,7,9,11H2,1H3. The zero-order valence-corrected chi connectivity index (χ0v) is 14.3. The molecule has 2 aromatic heterocycles. The van der Waals surface area contributed by atoms with Crippen LogP contribution in [0, 0.1) is 0 Å². The Balaban J connectivity index is 2.10. The van der Waals surface area contributed by atoms with Crippen molar-refractivity contribution in [2.45, 2.75) is 19.9 Å². The molecule has 7 heteroatoms. The molecule has 0 aliphatic carbocycles. The van der Waals surface area contributed by atoms with Crippen molar-refractivity contribution < 1.29 is 18.7 Å². The average Bonchev–Trinajstić information content (AvgIpc) is 2.98. The molecule has 0 unspecified atom stereocenters. The molecule has 0 atom stereocenters. The number of hydrogen-bond donors (Lipinski definition) is 0. The van der Waals surface area contributed by atoms with Crippen molar-refractivity contribution in [1.82, 2.24) is 9.88 Å². The van der Waals surface area contributed by atoms with Crippen LogP contribution in [0.5, 0.6) is 0 Å². The van der Waals surface area contributed by atoms with Crippen LogP contribution in [0.1, 0.15) is 29.5 Å². The van der Waals surface area contributed by atoms with E-state index in [1.165, 1.54) is 0 Å². The van der Waals surface area contributed by atoms with Gasteiger partial charge in [-0.25, -0.2) is 0 Å². The molecule has 23 heavy (non-hydrogen) atoms. The minimum atomic E-state index is -0.336. The van der Waals surface area contributed by atoms with Gasteiger partial charge in [0.05, 0.1) is 13.0 Å². The zero-order chi connectivity index (χ0) is 16.7. The van der Waals surface area contributed by atoms with E-state index in [4.69, 9.17) is 9.15 Å². The Morgan fingerprint density at radius 2 is 2.17 bits per heavy atom. The van der Waals surface area contributed by atoms with Gasteiger partial charge in [-0.05, 0) is 46.6 Å². The summed E-state index contributed by atoms with van der Waals surface area (Å²) < 4.78 is 10.7. The van der Waals surface area contributed by atoms with Gasteiger partial charge in [0.15, 0.2) is 10.4 Å². The maximum atomic E-state index is 12.6. The fourth-order valence-electron chi connectivity index (χ4n) is 2.01. The Morgan fingerprint density at radius 3 is 2.78 bits per heavy atom. The van der Waals surface area contributed by atoms with E-state index in [0.29, 0.717) is 17.8 Å². The number of pyridine rings is 1. The number of rotatable bonds is 7. The van der Waals surface area contributed by atoms with Crippen molar-refractivity contribution in [3.05, 3.63) is 52.7 Å². The van der Waals surface area contributed by atoms with Crippen LogP contribution in [0.25, 0.3) is 0 Å². The number of amides is 1. The summed E-state index contributed by atoms with van der Waals surface area (Å²) in [5, 5.41) is 0. The first kappa shape index (κ1) is 17.2. The van der Waals surface area contributed by atoms with Crippen LogP contribution in [-0.2, 0) is 16.1 Å². The van der Waals surface area contributed by atoms with Crippen LogP contribution in [-0.4, -0.2) is 34.9 Å². The van der Waals surface area contributed by atoms with Crippen molar-refractivity contribution >= 4 is 27.8 Å². The lowest BCUT2D eigenvalue weighted by atomic mass is 10.2. The lowest BCUT2D eigenvalue weighted by Gasteiger charge is -2.21. The molecule has 1 amide bonds. The summed E-state index contributed by atoms with van der Waals surface area (Å²) in [4.78, 5) is 29.7. The lowest BCUT2D eigenvalue weighted by Crippen LogP contribution is -2.32. The SMILES string of the molecule is CCOC(=O)CCN(Cc1cccnc1)C(=O)c1ccc(Br)o1. The molecule has 2 aromatic rings. The maximum absolute atomic E-state index is 12.6. The minimum Gasteiger partial charge on any atom is -0.466 e. The number of nitrogens with zero attached hydrogens (tertiary/aromatic N) is 2. The first-order valence-corrected chi connectivity index (χ1v) is 7.98. The largest absolute Gasteiger partial charge is 0.466 e. The lowest BCUT2D eigenvalue weighted by molar-refractivity contribution is -0.143. The fraction of sp³-hybridized carbons (Fsp3) is 0.312. The molecular weight excluding hydrogens is 364 g/mol. The minimum absolute atomic E-state index is 0.127. The van der Waals surface area contributed by atoms with E-state index in [1.54, 1.807) is 42.4 Å². The number of hydrogen-bond acceptors (Lipinski definition) is 5. The molecule has 2 rings (SSSR count). The summed E-state index contributed by atoms with van der Waals surface area (Å²) in [5.41, 5.74) is 0.871. The second kappa shape index (κ2) is 8.47. The Labute approximate surface area is 142 Å². The summed E-state index contributed by atoms with van der Waals surface area (Å²) in [6, 6.07) is 6.91. The Hall–Kier alpha value is -2.15. The highest BCUT2D eigenvalue weighted by atomic mass is 79.9. The van der Waals surface area contributed by atoms with Crippen molar-refractivity contribution in [1.29, 1.82) is 0 Å². The quantitative estimate of drug-likeness (QED) is 0.690. The number of carbonyl (C=O) groups excluding carboxylic acids is 2. The molecule has 0 aromatic carbocycles. The van der Waals surface area contributed by atoms with Crippen LogP contribution in [0.2, 0.25) is 0 Å². The van der Waals surface area contributed by atoms with Crippen LogP contribution in [0.3, 0.4) is 0 Å². The molecule has 0 bridgehead atoms. The van der Waals surface area contributed by atoms with Gasteiger partial charge in [-0.15, -0.1) is 0 Å². The molecule has 0 saturated heterocycles. The number of ether oxygens (including phenoxy) is 1. The van der Waals surface area contributed by atoms with Crippen LogP contribution in [0.15, 0.2) is 45.7 Å². The van der Waals surface area contributed by atoms with Gasteiger partial charge in [0.1, 0.15) is 0 Å². The number of furan rings is 1. The Bertz CT molecular complexity index is 657. The number of halogens is 1. The maximum Gasteiger partial charge on any atom is 0.307 e. The van der Waals surface area contributed by atoms with E-state index in [0.717, 1.165) is 5.56 Å². The normalized spacial score (nSPS) is 10.3. The third-order valence-corrected chi connectivity index (χ3v) is 3.48. The molecule has 0 saturated carbocycles. The van der Waals surface area contributed by atoms with Crippen molar-refractivity contribution in [2.75, 3.05) is 13.2 Å². The summed E-state index contributed by atoms with van der Waals surface area (Å²) in [6.07, 6.45) is 3.47. The number of carbonyl (C=O) groups is 2. The van der Waals surface area contributed by atoms with Gasteiger partial charge in [-0.1, -0.05) is 6.07 Å². The molecule has 0 aliphatic heterocycles. The highest BCUT2D eigenvalue weighted by Crippen LogP contribution is 2.17. The summed E-state index contributed by atoms with van der Waals surface area (Å²) in [5.74, 6) is -0.411. The van der Waals surface area contributed by atoms with Gasteiger partial charge >= 0.3 is 5.97 Å².